The topological polar surface area (TPSA) is 76.2 Å². The molecule has 8 heteroatoms. The van der Waals surface area contributed by atoms with Crippen molar-refractivity contribution in [3.63, 3.8) is 0 Å². The zero-order valence-corrected chi connectivity index (χ0v) is 16.0. The highest BCUT2D eigenvalue weighted by Crippen LogP contribution is 2.29. The molecular formula is C20H20N6OS. The second-order valence-electron chi connectivity index (χ2n) is 6.98. The Labute approximate surface area is 166 Å². The van der Waals surface area contributed by atoms with Crippen LogP contribution in [0.5, 0.6) is 0 Å². The highest BCUT2D eigenvalue weighted by molar-refractivity contribution is 7.15. The molecule has 28 heavy (non-hydrogen) atoms. The van der Waals surface area contributed by atoms with Gasteiger partial charge in [0.1, 0.15) is 5.54 Å². The van der Waals surface area contributed by atoms with Gasteiger partial charge in [-0.05, 0) is 44.1 Å². The Morgan fingerprint density at radius 3 is 2.71 bits per heavy atom. The number of anilines is 1. The summed E-state index contributed by atoms with van der Waals surface area (Å²) in [6.45, 7) is 1.59. The van der Waals surface area contributed by atoms with Gasteiger partial charge in [-0.15, -0.1) is 11.3 Å². The van der Waals surface area contributed by atoms with Crippen LogP contribution in [0.2, 0.25) is 0 Å². The quantitative estimate of drug-likeness (QED) is 0.560. The third-order valence-electron chi connectivity index (χ3n) is 5.33. The molecule has 142 valence electrons. The van der Waals surface area contributed by atoms with Gasteiger partial charge in [0.25, 0.3) is 5.91 Å². The number of hydrogen-bond donors (Lipinski definition) is 2. The minimum absolute atomic E-state index is 0.0204. The summed E-state index contributed by atoms with van der Waals surface area (Å²) in [5, 5.41) is 12.8. The summed E-state index contributed by atoms with van der Waals surface area (Å²) < 4.78 is 3.82. The molecule has 1 fully saturated rings. The molecule has 4 aromatic rings. The van der Waals surface area contributed by atoms with E-state index in [-0.39, 0.29) is 5.91 Å². The number of amides is 1. The standard InChI is InChI=1S/C20H20N6OS/c27-18(20(6-9-21-10-7-20)26-11-1-8-22-26)23-16-4-2-15(3-5-16)17-14-25-12-13-28-19(25)24-17/h1-5,8,11-14,21H,6-7,9-10H2,(H,23,27). The number of nitrogens with one attached hydrogen (secondary N) is 2. The van der Waals surface area contributed by atoms with Gasteiger partial charge in [0.15, 0.2) is 4.96 Å². The van der Waals surface area contributed by atoms with Crippen LogP contribution < -0.4 is 10.6 Å². The number of aromatic nitrogens is 4. The van der Waals surface area contributed by atoms with Gasteiger partial charge in [-0.3, -0.25) is 13.9 Å². The van der Waals surface area contributed by atoms with E-state index in [1.165, 1.54) is 0 Å². The maximum absolute atomic E-state index is 13.2. The summed E-state index contributed by atoms with van der Waals surface area (Å²) in [6, 6.07) is 9.70. The average molecular weight is 392 g/mol. The summed E-state index contributed by atoms with van der Waals surface area (Å²) >= 11 is 1.61. The Morgan fingerprint density at radius 2 is 2.00 bits per heavy atom. The molecule has 0 saturated carbocycles. The molecule has 7 nitrogen and oxygen atoms in total. The lowest BCUT2D eigenvalue weighted by atomic mass is 9.87. The highest BCUT2D eigenvalue weighted by Gasteiger charge is 2.42. The van der Waals surface area contributed by atoms with Crippen molar-refractivity contribution in [3.8, 4) is 11.3 Å². The number of piperidine rings is 1. The van der Waals surface area contributed by atoms with E-state index < -0.39 is 5.54 Å². The van der Waals surface area contributed by atoms with Crippen LogP contribution in [-0.2, 0) is 10.3 Å². The molecule has 0 bridgehead atoms. The number of nitrogens with zero attached hydrogens (tertiary/aromatic N) is 4. The number of rotatable bonds is 4. The van der Waals surface area contributed by atoms with Gasteiger partial charge in [-0.25, -0.2) is 4.98 Å². The van der Waals surface area contributed by atoms with Gasteiger partial charge in [-0.1, -0.05) is 12.1 Å². The van der Waals surface area contributed by atoms with Crippen LogP contribution in [0.4, 0.5) is 5.69 Å². The third kappa shape index (κ3) is 2.90. The van der Waals surface area contributed by atoms with Gasteiger partial charge in [0.2, 0.25) is 0 Å². The van der Waals surface area contributed by atoms with E-state index in [4.69, 9.17) is 0 Å². The molecule has 3 aromatic heterocycles. The summed E-state index contributed by atoms with van der Waals surface area (Å²) in [5.74, 6) is -0.0204. The van der Waals surface area contributed by atoms with Crippen LogP contribution in [0.3, 0.4) is 0 Å². The van der Waals surface area contributed by atoms with Crippen LogP contribution in [0.1, 0.15) is 12.8 Å². The number of thiazole rings is 1. The van der Waals surface area contributed by atoms with Gasteiger partial charge < -0.3 is 10.6 Å². The molecule has 1 amide bonds. The zero-order chi connectivity index (χ0) is 19.0. The van der Waals surface area contributed by atoms with Crippen LogP contribution in [0.25, 0.3) is 16.2 Å². The predicted molar refractivity (Wildman–Crippen MR) is 109 cm³/mol. The van der Waals surface area contributed by atoms with Crippen molar-refractivity contribution < 1.29 is 4.79 Å². The first kappa shape index (κ1) is 17.2. The fraction of sp³-hybridized carbons (Fsp3) is 0.250. The van der Waals surface area contributed by atoms with E-state index in [0.717, 1.165) is 35.0 Å². The summed E-state index contributed by atoms with van der Waals surface area (Å²) in [7, 11) is 0. The Bertz CT molecular complexity index is 1060. The van der Waals surface area contributed by atoms with Gasteiger partial charge >= 0.3 is 0 Å². The average Bonchev–Trinajstić information content (AvgIpc) is 3.46. The molecule has 1 saturated heterocycles. The van der Waals surface area contributed by atoms with Gasteiger partial charge in [0.05, 0.1) is 5.69 Å². The zero-order valence-electron chi connectivity index (χ0n) is 15.2. The van der Waals surface area contributed by atoms with Crippen LogP contribution in [0.15, 0.2) is 60.5 Å². The molecule has 1 aromatic carbocycles. The second-order valence-corrected chi connectivity index (χ2v) is 7.86. The Kier molecular flexibility index (Phi) is 4.22. The first-order chi connectivity index (χ1) is 13.7. The van der Waals surface area contributed by atoms with Gasteiger partial charge in [0, 0.05) is 41.4 Å². The lowest BCUT2D eigenvalue weighted by molar-refractivity contribution is -0.126. The normalized spacial score (nSPS) is 16.3. The molecule has 0 unspecified atom stereocenters. The minimum Gasteiger partial charge on any atom is -0.324 e. The number of fused-ring (bicyclic) bond motifs is 1. The number of carbonyl (C=O) groups is 1. The minimum atomic E-state index is -0.651. The monoisotopic (exact) mass is 392 g/mol. The van der Waals surface area contributed by atoms with Crippen LogP contribution in [0, 0.1) is 0 Å². The number of imidazole rings is 1. The molecule has 0 spiro atoms. The Hall–Kier alpha value is -2.97. The van der Waals surface area contributed by atoms with E-state index in [9.17, 15) is 4.79 Å². The Morgan fingerprint density at radius 1 is 1.18 bits per heavy atom. The molecular weight excluding hydrogens is 372 g/mol. The number of carbonyl (C=O) groups excluding carboxylic acids is 1. The van der Waals surface area contributed by atoms with E-state index in [1.807, 2.05) is 58.7 Å². The second kappa shape index (κ2) is 6.88. The molecule has 5 rings (SSSR count). The summed E-state index contributed by atoms with van der Waals surface area (Å²) in [4.78, 5) is 18.8. The summed E-state index contributed by atoms with van der Waals surface area (Å²) in [5.41, 5.74) is 2.08. The molecule has 1 aliphatic rings. The van der Waals surface area contributed by atoms with Crippen molar-refractivity contribution in [2.45, 2.75) is 18.4 Å². The first-order valence-corrected chi connectivity index (χ1v) is 10.2. The fourth-order valence-electron chi connectivity index (χ4n) is 3.76. The molecule has 0 radical (unpaired) electrons. The van der Waals surface area contributed by atoms with Crippen molar-refractivity contribution in [2.24, 2.45) is 0 Å². The van der Waals surface area contributed by atoms with Crippen LogP contribution in [-0.4, -0.2) is 38.2 Å². The molecule has 0 aliphatic carbocycles. The maximum atomic E-state index is 13.2. The molecule has 2 N–H and O–H groups in total. The molecule has 0 atom stereocenters. The predicted octanol–water partition coefficient (Wildman–Crippen LogP) is 2.98. The lowest BCUT2D eigenvalue weighted by Gasteiger charge is -2.36. The smallest absolute Gasteiger partial charge is 0.252 e. The van der Waals surface area contributed by atoms with Gasteiger partial charge in [-0.2, -0.15) is 5.10 Å². The van der Waals surface area contributed by atoms with E-state index in [2.05, 4.69) is 20.7 Å². The maximum Gasteiger partial charge on any atom is 0.252 e. The van der Waals surface area contributed by atoms with E-state index in [1.54, 1.807) is 22.2 Å². The van der Waals surface area contributed by atoms with Crippen molar-refractivity contribution in [3.05, 3.63) is 60.5 Å². The van der Waals surface area contributed by atoms with Crippen molar-refractivity contribution >= 4 is 27.9 Å². The SMILES string of the molecule is O=C(Nc1ccc(-c2cn3ccsc3n2)cc1)C1(n2cccn2)CCNCC1. The van der Waals surface area contributed by atoms with E-state index >= 15 is 0 Å². The third-order valence-corrected chi connectivity index (χ3v) is 6.10. The molecule has 1 aliphatic heterocycles. The largest absolute Gasteiger partial charge is 0.324 e. The fourth-order valence-corrected chi connectivity index (χ4v) is 4.46. The van der Waals surface area contributed by atoms with E-state index in [0.29, 0.717) is 12.8 Å². The van der Waals surface area contributed by atoms with Crippen molar-refractivity contribution in [2.75, 3.05) is 18.4 Å². The van der Waals surface area contributed by atoms with Crippen LogP contribution >= 0.6 is 11.3 Å². The number of benzene rings is 1. The molecule has 4 heterocycles. The Balaban J connectivity index is 1.37. The number of hydrogen-bond acceptors (Lipinski definition) is 5. The first-order valence-electron chi connectivity index (χ1n) is 9.30. The lowest BCUT2D eigenvalue weighted by Crippen LogP contribution is -2.52. The van der Waals surface area contributed by atoms with Crippen molar-refractivity contribution in [1.29, 1.82) is 0 Å². The highest BCUT2D eigenvalue weighted by atomic mass is 32.1. The summed E-state index contributed by atoms with van der Waals surface area (Å²) in [6.07, 6.45) is 9.04. The van der Waals surface area contributed by atoms with Crippen molar-refractivity contribution in [1.82, 2.24) is 24.5 Å².